The number of halogens is 1. The molecule has 0 atom stereocenters. The summed E-state index contributed by atoms with van der Waals surface area (Å²) in [4.78, 5) is 12.5. The van der Waals surface area contributed by atoms with E-state index in [-0.39, 0.29) is 5.78 Å². The molecule has 1 fully saturated rings. The normalized spacial score (nSPS) is 14.9. The van der Waals surface area contributed by atoms with Crippen LogP contribution in [0.15, 0.2) is 42.5 Å². The van der Waals surface area contributed by atoms with Crippen LogP contribution in [0.2, 0.25) is 5.02 Å². The summed E-state index contributed by atoms with van der Waals surface area (Å²) in [5.41, 5.74) is 3.58. The molecule has 2 heteroatoms. The topological polar surface area (TPSA) is 17.1 Å². The highest BCUT2D eigenvalue weighted by atomic mass is 35.5. The second-order valence-electron chi connectivity index (χ2n) is 5.52. The first kappa shape index (κ1) is 13.4. The number of hydrogen-bond donors (Lipinski definition) is 0. The number of rotatable bonds is 3. The zero-order valence-electron chi connectivity index (χ0n) is 11.5. The van der Waals surface area contributed by atoms with Crippen molar-refractivity contribution in [1.82, 2.24) is 0 Å². The zero-order chi connectivity index (χ0) is 14.1. The maximum Gasteiger partial charge on any atom is 0.194 e. The number of carbonyl (C=O) groups is 1. The van der Waals surface area contributed by atoms with Gasteiger partial charge < -0.3 is 0 Å². The molecule has 0 unspecified atom stereocenters. The van der Waals surface area contributed by atoms with Gasteiger partial charge in [0.2, 0.25) is 0 Å². The fourth-order valence-electron chi connectivity index (χ4n) is 2.63. The molecule has 0 spiro atoms. The van der Waals surface area contributed by atoms with Gasteiger partial charge in [0.15, 0.2) is 5.78 Å². The molecular formula is C18H17ClO. The van der Waals surface area contributed by atoms with Gasteiger partial charge in [-0.1, -0.05) is 54.4 Å². The Hall–Kier alpha value is -1.60. The van der Waals surface area contributed by atoms with Crippen LogP contribution in [0.25, 0.3) is 0 Å². The number of carbonyl (C=O) groups excluding carboxylic acids is 1. The van der Waals surface area contributed by atoms with Crippen molar-refractivity contribution in [2.45, 2.75) is 32.1 Å². The Morgan fingerprint density at radius 2 is 1.80 bits per heavy atom. The van der Waals surface area contributed by atoms with E-state index in [0.717, 1.165) is 5.56 Å². The highest BCUT2D eigenvalue weighted by molar-refractivity contribution is 6.35. The van der Waals surface area contributed by atoms with Gasteiger partial charge in [0.25, 0.3) is 0 Å². The second kappa shape index (κ2) is 5.41. The monoisotopic (exact) mass is 284 g/mol. The minimum atomic E-state index is -0.00106. The quantitative estimate of drug-likeness (QED) is 0.713. The van der Waals surface area contributed by atoms with Crippen molar-refractivity contribution in [2.24, 2.45) is 0 Å². The SMILES string of the molecule is Cc1cccc(C(=O)c2ccc(C3CCC3)cc2)c1Cl. The standard InChI is InChI=1S/C18H17ClO/c1-12-4-2-7-16(17(12)19)18(20)15-10-8-14(9-11-15)13-5-3-6-13/h2,4,7-11,13H,3,5-6H2,1H3. The molecule has 0 saturated heterocycles. The predicted octanol–water partition coefficient (Wildman–Crippen LogP) is 5.15. The van der Waals surface area contributed by atoms with E-state index in [2.05, 4.69) is 12.1 Å². The highest BCUT2D eigenvalue weighted by Gasteiger charge is 2.20. The maximum atomic E-state index is 12.5. The number of ketones is 1. The number of aryl methyl sites for hydroxylation is 1. The average Bonchev–Trinajstić information content (AvgIpc) is 2.40. The summed E-state index contributed by atoms with van der Waals surface area (Å²) in [5.74, 6) is 0.695. The Labute approximate surface area is 124 Å². The van der Waals surface area contributed by atoms with Gasteiger partial charge in [0.05, 0.1) is 5.02 Å². The van der Waals surface area contributed by atoms with E-state index in [9.17, 15) is 4.79 Å². The van der Waals surface area contributed by atoms with Gasteiger partial charge in [-0.25, -0.2) is 0 Å². The van der Waals surface area contributed by atoms with Crippen LogP contribution in [0.1, 0.15) is 52.2 Å². The zero-order valence-corrected chi connectivity index (χ0v) is 12.3. The Morgan fingerprint density at radius 3 is 2.40 bits per heavy atom. The lowest BCUT2D eigenvalue weighted by atomic mass is 9.80. The molecule has 1 aliphatic carbocycles. The Kier molecular flexibility index (Phi) is 3.62. The van der Waals surface area contributed by atoms with Gasteiger partial charge in [-0.2, -0.15) is 0 Å². The maximum absolute atomic E-state index is 12.5. The summed E-state index contributed by atoms with van der Waals surface area (Å²) in [5, 5.41) is 0.556. The molecule has 0 heterocycles. The van der Waals surface area contributed by atoms with Gasteiger partial charge in [-0.15, -0.1) is 0 Å². The lowest BCUT2D eigenvalue weighted by Gasteiger charge is -2.25. The molecule has 0 aromatic heterocycles. The van der Waals surface area contributed by atoms with Crippen molar-refractivity contribution in [1.29, 1.82) is 0 Å². The lowest BCUT2D eigenvalue weighted by molar-refractivity contribution is 0.103. The molecule has 20 heavy (non-hydrogen) atoms. The van der Waals surface area contributed by atoms with Gasteiger partial charge in [-0.05, 0) is 42.9 Å². The second-order valence-corrected chi connectivity index (χ2v) is 5.89. The van der Waals surface area contributed by atoms with E-state index < -0.39 is 0 Å². The molecular weight excluding hydrogens is 268 g/mol. The van der Waals surface area contributed by atoms with Gasteiger partial charge in [0.1, 0.15) is 0 Å². The van der Waals surface area contributed by atoms with Crippen LogP contribution < -0.4 is 0 Å². The van der Waals surface area contributed by atoms with Crippen molar-refractivity contribution < 1.29 is 4.79 Å². The molecule has 1 saturated carbocycles. The molecule has 0 bridgehead atoms. The van der Waals surface area contributed by atoms with Crippen LogP contribution in [0, 0.1) is 6.92 Å². The van der Waals surface area contributed by atoms with Crippen molar-refractivity contribution in [3.8, 4) is 0 Å². The summed E-state index contributed by atoms with van der Waals surface area (Å²) in [6.45, 7) is 1.92. The van der Waals surface area contributed by atoms with Crippen LogP contribution in [0.4, 0.5) is 0 Å². The third kappa shape index (κ3) is 2.38. The Balaban J connectivity index is 1.88. The molecule has 2 aromatic rings. The molecule has 2 aromatic carbocycles. The van der Waals surface area contributed by atoms with E-state index in [0.29, 0.717) is 22.1 Å². The van der Waals surface area contributed by atoms with Crippen LogP contribution >= 0.6 is 11.6 Å². The first-order chi connectivity index (χ1) is 9.66. The van der Waals surface area contributed by atoms with E-state index >= 15 is 0 Å². The smallest absolute Gasteiger partial charge is 0.194 e. The van der Waals surface area contributed by atoms with Crippen LogP contribution in [-0.4, -0.2) is 5.78 Å². The summed E-state index contributed by atoms with van der Waals surface area (Å²) >= 11 is 6.23. The van der Waals surface area contributed by atoms with Crippen molar-refractivity contribution >= 4 is 17.4 Å². The largest absolute Gasteiger partial charge is 0.289 e. The number of benzene rings is 2. The van der Waals surface area contributed by atoms with E-state index in [4.69, 9.17) is 11.6 Å². The first-order valence-electron chi connectivity index (χ1n) is 7.06. The molecule has 0 radical (unpaired) electrons. The van der Waals surface area contributed by atoms with E-state index in [1.54, 1.807) is 6.07 Å². The van der Waals surface area contributed by atoms with Crippen LogP contribution in [-0.2, 0) is 0 Å². The van der Waals surface area contributed by atoms with Gasteiger partial charge in [-0.3, -0.25) is 4.79 Å². The minimum Gasteiger partial charge on any atom is -0.289 e. The Morgan fingerprint density at radius 1 is 1.10 bits per heavy atom. The van der Waals surface area contributed by atoms with Crippen molar-refractivity contribution in [2.75, 3.05) is 0 Å². The molecule has 1 nitrogen and oxygen atoms in total. The van der Waals surface area contributed by atoms with Gasteiger partial charge in [0, 0.05) is 11.1 Å². The molecule has 102 valence electrons. The third-order valence-corrected chi connectivity index (χ3v) is 4.69. The van der Waals surface area contributed by atoms with Crippen LogP contribution in [0.5, 0.6) is 0 Å². The molecule has 0 aliphatic heterocycles. The van der Waals surface area contributed by atoms with Crippen molar-refractivity contribution in [3.05, 3.63) is 69.7 Å². The lowest BCUT2D eigenvalue weighted by Crippen LogP contribution is -2.09. The summed E-state index contributed by atoms with van der Waals surface area (Å²) in [7, 11) is 0. The summed E-state index contributed by atoms with van der Waals surface area (Å²) in [6.07, 6.45) is 3.87. The average molecular weight is 285 g/mol. The Bertz CT molecular complexity index is 639. The molecule has 1 aliphatic rings. The highest BCUT2D eigenvalue weighted by Crippen LogP contribution is 2.36. The predicted molar refractivity (Wildman–Crippen MR) is 82.7 cm³/mol. The fraction of sp³-hybridized carbons (Fsp3) is 0.278. The van der Waals surface area contributed by atoms with E-state index in [1.807, 2.05) is 31.2 Å². The van der Waals surface area contributed by atoms with Crippen LogP contribution in [0.3, 0.4) is 0 Å². The number of hydrogen-bond acceptors (Lipinski definition) is 1. The van der Waals surface area contributed by atoms with Gasteiger partial charge >= 0.3 is 0 Å². The molecule has 3 rings (SSSR count). The molecule has 0 N–H and O–H groups in total. The van der Waals surface area contributed by atoms with Crippen molar-refractivity contribution in [3.63, 3.8) is 0 Å². The first-order valence-corrected chi connectivity index (χ1v) is 7.44. The molecule has 0 amide bonds. The summed E-state index contributed by atoms with van der Waals surface area (Å²) in [6, 6.07) is 13.6. The third-order valence-electron chi connectivity index (χ3n) is 4.19. The minimum absolute atomic E-state index is 0.00106. The fourth-order valence-corrected chi connectivity index (χ4v) is 2.84. The van der Waals surface area contributed by atoms with E-state index in [1.165, 1.54) is 24.8 Å². The summed E-state index contributed by atoms with van der Waals surface area (Å²) < 4.78 is 0.